The maximum Gasteiger partial charge on any atom is 0.326 e. The van der Waals surface area contributed by atoms with Crippen LogP contribution in [0.5, 0.6) is 0 Å². The Morgan fingerprint density at radius 1 is 1.47 bits per heavy atom. The van der Waals surface area contributed by atoms with Crippen LogP contribution in [0.15, 0.2) is 0 Å². The first-order valence-corrected chi connectivity index (χ1v) is 6.01. The molecule has 0 aromatic rings. The number of nitrogens with one attached hydrogen (secondary N) is 1. The number of aliphatic hydroxyl groups is 1. The number of urea groups is 1. The Balaban J connectivity index is 2.54. The Hall–Kier alpha value is -1.30. The van der Waals surface area contributed by atoms with Gasteiger partial charge in [0.05, 0.1) is 6.61 Å². The van der Waals surface area contributed by atoms with E-state index < -0.39 is 18.0 Å². The smallest absolute Gasteiger partial charge is 0.326 e. The number of carboxylic acids is 1. The lowest BCUT2D eigenvalue weighted by Crippen LogP contribution is -2.53. The van der Waals surface area contributed by atoms with E-state index in [-0.39, 0.29) is 19.2 Å². The van der Waals surface area contributed by atoms with Gasteiger partial charge < -0.3 is 20.4 Å². The molecule has 0 radical (unpaired) electrons. The number of rotatable bonds is 6. The van der Waals surface area contributed by atoms with Gasteiger partial charge in [0.2, 0.25) is 0 Å². The molecule has 1 rings (SSSR count). The van der Waals surface area contributed by atoms with Crippen molar-refractivity contribution in [3.05, 3.63) is 0 Å². The van der Waals surface area contributed by atoms with Crippen LogP contribution in [-0.4, -0.2) is 52.3 Å². The van der Waals surface area contributed by atoms with Crippen molar-refractivity contribution in [2.45, 2.75) is 44.7 Å². The number of amides is 2. The Kier molecular flexibility index (Phi) is 5.21. The second-order valence-electron chi connectivity index (χ2n) is 4.25. The number of hydrogen-bond acceptors (Lipinski definition) is 3. The molecule has 1 saturated carbocycles. The van der Waals surface area contributed by atoms with E-state index in [0.717, 1.165) is 19.3 Å². The SMILES string of the molecule is CC[C@H](NC(=O)N(CCO)C1CCC1)C(=O)O. The molecule has 1 fully saturated rings. The minimum Gasteiger partial charge on any atom is -0.480 e. The van der Waals surface area contributed by atoms with Crippen molar-refractivity contribution in [3.8, 4) is 0 Å². The molecule has 1 aliphatic rings. The van der Waals surface area contributed by atoms with Gasteiger partial charge in [0, 0.05) is 12.6 Å². The lowest BCUT2D eigenvalue weighted by atomic mass is 9.91. The van der Waals surface area contributed by atoms with Crippen molar-refractivity contribution in [1.82, 2.24) is 10.2 Å². The number of carbonyl (C=O) groups excluding carboxylic acids is 1. The molecular formula is C11H20N2O4. The van der Waals surface area contributed by atoms with Crippen molar-refractivity contribution >= 4 is 12.0 Å². The molecule has 0 unspecified atom stereocenters. The van der Waals surface area contributed by atoms with Gasteiger partial charge in [-0.1, -0.05) is 6.92 Å². The van der Waals surface area contributed by atoms with Gasteiger partial charge in [-0.25, -0.2) is 9.59 Å². The van der Waals surface area contributed by atoms with Gasteiger partial charge in [0.1, 0.15) is 6.04 Å². The fraction of sp³-hybridized carbons (Fsp3) is 0.818. The number of aliphatic hydroxyl groups excluding tert-OH is 1. The quantitative estimate of drug-likeness (QED) is 0.631. The topological polar surface area (TPSA) is 89.9 Å². The van der Waals surface area contributed by atoms with E-state index in [9.17, 15) is 9.59 Å². The summed E-state index contributed by atoms with van der Waals surface area (Å²) < 4.78 is 0. The molecular weight excluding hydrogens is 224 g/mol. The van der Waals surface area contributed by atoms with Crippen LogP contribution in [0.2, 0.25) is 0 Å². The third kappa shape index (κ3) is 3.59. The van der Waals surface area contributed by atoms with Gasteiger partial charge in [-0.15, -0.1) is 0 Å². The van der Waals surface area contributed by atoms with Crippen molar-refractivity contribution in [1.29, 1.82) is 0 Å². The number of aliphatic carboxylic acids is 1. The summed E-state index contributed by atoms with van der Waals surface area (Å²) in [5.41, 5.74) is 0. The second-order valence-corrected chi connectivity index (χ2v) is 4.25. The molecule has 17 heavy (non-hydrogen) atoms. The molecule has 6 nitrogen and oxygen atoms in total. The molecule has 0 heterocycles. The second kappa shape index (κ2) is 6.44. The summed E-state index contributed by atoms with van der Waals surface area (Å²) in [6.45, 7) is 1.86. The van der Waals surface area contributed by atoms with Crippen LogP contribution in [-0.2, 0) is 4.79 Å². The Morgan fingerprint density at radius 2 is 2.12 bits per heavy atom. The van der Waals surface area contributed by atoms with Crippen LogP contribution in [0.25, 0.3) is 0 Å². The number of hydrogen-bond donors (Lipinski definition) is 3. The minimum atomic E-state index is -1.03. The first kappa shape index (κ1) is 13.8. The summed E-state index contributed by atoms with van der Waals surface area (Å²) in [5, 5.41) is 20.3. The van der Waals surface area contributed by atoms with Crippen molar-refractivity contribution in [3.63, 3.8) is 0 Å². The van der Waals surface area contributed by atoms with E-state index >= 15 is 0 Å². The average molecular weight is 244 g/mol. The van der Waals surface area contributed by atoms with E-state index in [1.54, 1.807) is 6.92 Å². The summed E-state index contributed by atoms with van der Waals surface area (Å²) in [5.74, 6) is -1.03. The highest BCUT2D eigenvalue weighted by Gasteiger charge is 2.30. The third-order valence-electron chi connectivity index (χ3n) is 3.12. The standard InChI is InChI=1S/C11H20N2O4/c1-2-9(10(15)16)12-11(17)13(6-7-14)8-4-3-5-8/h8-9,14H,2-7H2,1H3,(H,12,17)(H,15,16)/t9-/m0/s1. The van der Waals surface area contributed by atoms with Gasteiger partial charge in [-0.3, -0.25) is 0 Å². The van der Waals surface area contributed by atoms with Crippen molar-refractivity contribution in [2.24, 2.45) is 0 Å². The van der Waals surface area contributed by atoms with Gasteiger partial charge in [0.25, 0.3) is 0 Å². The summed E-state index contributed by atoms with van der Waals surface area (Å²) in [6, 6.07) is -1.10. The molecule has 1 aliphatic carbocycles. The molecule has 0 saturated heterocycles. The van der Waals surface area contributed by atoms with Crippen LogP contribution in [0, 0.1) is 0 Å². The van der Waals surface area contributed by atoms with E-state index in [1.807, 2.05) is 0 Å². The zero-order chi connectivity index (χ0) is 12.8. The molecule has 0 aromatic carbocycles. The predicted molar refractivity (Wildman–Crippen MR) is 61.7 cm³/mol. The summed E-state index contributed by atoms with van der Waals surface area (Å²) in [4.78, 5) is 24.2. The Morgan fingerprint density at radius 3 is 2.47 bits per heavy atom. The maximum absolute atomic E-state index is 11.9. The first-order valence-electron chi connectivity index (χ1n) is 6.01. The highest BCUT2D eigenvalue weighted by atomic mass is 16.4. The van der Waals surface area contributed by atoms with Gasteiger partial charge in [-0.2, -0.15) is 0 Å². The number of nitrogens with zero attached hydrogens (tertiary/aromatic N) is 1. The zero-order valence-electron chi connectivity index (χ0n) is 10.1. The van der Waals surface area contributed by atoms with Crippen LogP contribution >= 0.6 is 0 Å². The summed E-state index contributed by atoms with van der Waals surface area (Å²) >= 11 is 0. The summed E-state index contributed by atoms with van der Waals surface area (Å²) in [7, 11) is 0. The highest BCUT2D eigenvalue weighted by Crippen LogP contribution is 2.24. The lowest BCUT2D eigenvalue weighted by Gasteiger charge is -2.37. The van der Waals surface area contributed by atoms with E-state index in [1.165, 1.54) is 4.90 Å². The third-order valence-corrected chi connectivity index (χ3v) is 3.12. The molecule has 0 spiro atoms. The number of carboxylic acid groups (broad SMARTS) is 1. The van der Waals surface area contributed by atoms with Gasteiger partial charge >= 0.3 is 12.0 Å². The Labute approximate surface area is 101 Å². The fourth-order valence-electron chi connectivity index (χ4n) is 1.83. The largest absolute Gasteiger partial charge is 0.480 e. The van der Waals surface area contributed by atoms with Crippen LogP contribution in [0.1, 0.15) is 32.6 Å². The van der Waals surface area contributed by atoms with Gasteiger partial charge in [0.15, 0.2) is 0 Å². The van der Waals surface area contributed by atoms with Crippen LogP contribution in [0.3, 0.4) is 0 Å². The fourth-order valence-corrected chi connectivity index (χ4v) is 1.83. The predicted octanol–water partition coefficient (Wildman–Crippen LogP) is 0.406. The van der Waals surface area contributed by atoms with Crippen molar-refractivity contribution in [2.75, 3.05) is 13.2 Å². The molecule has 98 valence electrons. The number of carbonyl (C=O) groups is 2. The molecule has 2 amide bonds. The van der Waals surface area contributed by atoms with Crippen LogP contribution in [0.4, 0.5) is 4.79 Å². The van der Waals surface area contributed by atoms with E-state index in [0.29, 0.717) is 6.42 Å². The first-order chi connectivity index (χ1) is 8.10. The lowest BCUT2D eigenvalue weighted by molar-refractivity contribution is -0.139. The van der Waals surface area contributed by atoms with Crippen molar-refractivity contribution < 1.29 is 19.8 Å². The summed E-state index contributed by atoms with van der Waals surface area (Å²) in [6.07, 6.45) is 3.28. The van der Waals surface area contributed by atoms with E-state index in [4.69, 9.17) is 10.2 Å². The van der Waals surface area contributed by atoms with Gasteiger partial charge in [-0.05, 0) is 25.7 Å². The Bertz CT molecular complexity index is 279. The van der Waals surface area contributed by atoms with Crippen LogP contribution < -0.4 is 5.32 Å². The maximum atomic E-state index is 11.9. The minimum absolute atomic E-state index is 0.103. The molecule has 0 aliphatic heterocycles. The van der Waals surface area contributed by atoms with E-state index in [2.05, 4.69) is 5.32 Å². The normalized spacial score (nSPS) is 17.1. The molecule has 1 atom stereocenters. The monoisotopic (exact) mass is 244 g/mol. The zero-order valence-corrected chi connectivity index (χ0v) is 10.1. The molecule has 6 heteroatoms. The average Bonchev–Trinajstić information content (AvgIpc) is 2.22. The molecule has 0 bridgehead atoms. The molecule has 0 aromatic heterocycles. The molecule has 3 N–H and O–H groups in total. The highest BCUT2D eigenvalue weighted by molar-refractivity contribution is 5.82.